The Labute approximate surface area is 57.2 Å². The highest BCUT2D eigenvalue weighted by atomic mass is 28.3. The molecule has 0 fully saturated rings. The van der Waals surface area contributed by atoms with E-state index in [4.69, 9.17) is 5.26 Å². The Balaban J connectivity index is 4.25. The van der Waals surface area contributed by atoms with Gasteiger partial charge in [-0.2, -0.15) is 10.3 Å². The van der Waals surface area contributed by atoms with E-state index in [2.05, 4.69) is 24.6 Å². The summed E-state index contributed by atoms with van der Waals surface area (Å²) < 4.78 is 0. The molecule has 0 amide bonds. The Kier molecular flexibility index (Phi) is 2.59. The second-order valence-corrected chi connectivity index (χ2v) is 8.27. The molecule has 0 aliphatic heterocycles. The van der Waals surface area contributed by atoms with E-state index in [0.29, 0.717) is 0 Å². The highest BCUT2D eigenvalue weighted by Crippen LogP contribution is 2.02. The molecule has 0 saturated heterocycles. The molecule has 0 spiro atoms. The molecule has 0 bridgehead atoms. The Morgan fingerprint density at radius 2 is 1.89 bits per heavy atom. The first-order valence-electron chi connectivity index (χ1n) is 2.92. The lowest BCUT2D eigenvalue weighted by Crippen LogP contribution is -2.30. The van der Waals surface area contributed by atoms with Gasteiger partial charge in [-0.15, -0.1) is 0 Å². The molecule has 50 valence electrons. The van der Waals surface area contributed by atoms with Crippen LogP contribution in [0, 0.1) is 11.5 Å². The number of hydrogen-bond donors (Lipinski definition) is 0. The average molecular weight is 140 g/mol. The van der Waals surface area contributed by atoms with E-state index in [9.17, 15) is 0 Å². The maximum Gasteiger partial charge on any atom is 0.205 e. The lowest BCUT2D eigenvalue weighted by molar-refractivity contribution is 1.43. The van der Waals surface area contributed by atoms with Crippen LogP contribution in [0.15, 0.2) is 4.99 Å². The largest absolute Gasteiger partial charge is 0.205 e. The lowest BCUT2D eigenvalue weighted by Gasteiger charge is -2.12. The molecule has 0 radical (unpaired) electrons. The van der Waals surface area contributed by atoms with Crippen molar-refractivity contribution in [2.75, 3.05) is 0 Å². The predicted molar refractivity (Wildman–Crippen MR) is 42.1 cm³/mol. The van der Waals surface area contributed by atoms with Gasteiger partial charge in [0.25, 0.3) is 0 Å². The van der Waals surface area contributed by atoms with Crippen LogP contribution in [0.1, 0.15) is 6.92 Å². The molecule has 0 unspecified atom stereocenters. The van der Waals surface area contributed by atoms with Gasteiger partial charge in [0.15, 0.2) is 0 Å². The molecular weight excluding hydrogens is 128 g/mol. The van der Waals surface area contributed by atoms with Crippen molar-refractivity contribution in [2.24, 2.45) is 4.99 Å². The van der Waals surface area contributed by atoms with Crippen molar-refractivity contribution in [3.63, 3.8) is 0 Å². The molecule has 3 heteroatoms. The molecule has 0 aliphatic rings. The van der Waals surface area contributed by atoms with E-state index >= 15 is 0 Å². The fraction of sp³-hybridized carbons (Fsp3) is 0.667. The minimum absolute atomic E-state index is 1.02. The zero-order valence-electron chi connectivity index (χ0n) is 6.39. The van der Waals surface area contributed by atoms with E-state index in [1.165, 1.54) is 0 Å². The Hall–Kier alpha value is -0.623. The Bertz CT molecular complexity index is 159. The van der Waals surface area contributed by atoms with Crippen LogP contribution in [0.25, 0.3) is 0 Å². The monoisotopic (exact) mass is 140 g/mol. The highest BCUT2D eigenvalue weighted by Gasteiger charge is 2.16. The van der Waals surface area contributed by atoms with Gasteiger partial charge in [0.05, 0.1) is 8.07 Å². The highest BCUT2D eigenvalue weighted by molar-refractivity contribution is 7.04. The molecule has 0 aromatic carbocycles. The zero-order valence-corrected chi connectivity index (χ0v) is 7.39. The van der Waals surface area contributed by atoms with Crippen molar-refractivity contribution >= 4 is 13.4 Å². The number of nitriles is 1. The van der Waals surface area contributed by atoms with Crippen LogP contribution in [0.4, 0.5) is 0 Å². The summed E-state index contributed by atoms with van der Waals surface area (Å²) in [5.74, 6) is 0. The van der Waals surface area contributed by atoms with Gasteiger partial charge in [0, 0.05) is 5.33 Å². The molecular formula is C6H12N2Si. The summed E-state index contributed by atoms with van der Waals surface area (Å²) in [6.45, 7) is 8.44. The molecule has 9 heavy (non-hydrogen) atoms. The van der Waals surface area contributed by atoms with Crippen LogP contribution in [0.3, 0.4) is 0 Å². The minimum Gasteiger partial charge on any atom is -0.188 e. The lowest BCUT2D eigenvalue weighted by atomic mass is 10.9. The second-order valence-electron chi connectivity index (χ2n) is 3.05. The summed E-state index contributed by atoms with van der Waals surface area (Å²) in [4.78, 5) is 3.68. The molecule has 0 rings (SSSR count). The van der Waals surface area contributed by atoms with Gasteiger partial charge >= 0.3 is 0 Å². The van der Waals surface area contributed by atoms with E-state index < -0.39 is 8.07 Å². The smallest absolute Gasteiger partial charge is 0.188 e. The number of rotatable bonds is 1. The summed E-state index contributed by atoms with van der Waals surface area (Å²) in [5.41, 5.74) is 0. The fourth-order valence-corrected chi connectivity index (χ4v) is 0.628. The Morgan fingerprint density at radius 3 is 2.00 bits per heavy atom. The molecule has 0 N–H and O–H groups in total. The van der Waals surface area contributed by atoms with Gasteiger partial charge in [-0.3, -0.25) is 0 Å². The van der Waals surface area contributed by atoms with Gasteiger partial charge in [0.1, 0.15) is 0 Å². The normalized spacial score (nSPS) is 13.0. The van der Waals surface area contributed by atoms with E-state index in [1.807, 2.05) is 6.92 Å². The van der Waals surface area contributed by atoms with Crippen LogP contribution in [0.5, 0.6) is 0 Å². The van der Waals surface area contributed by atoms with Crippen LogP contribution >= 0.6 is 0 Å². The summed E-state index contributed by atoms with van der Waals surface area (Å²) >= 11 is 0. The molecule has 0 atom stereocenters. The van der Waals surface area contributed by atoms with Crippen molar-refractivity contribution in [3.8, 4) is 6.19 Å². The summed E-state index contributed by atoms with van der Waals surface area (Å²) in [6.07, 6.45) is 1.80. The van der Waals surface area contributed by atoms with Gasteiger partial charge in [-0.1, -0.05) is 19.6 Å². The summed E-state index contributed by atoms with van der Waals surface area (Å²) in [6, 6.07) is 0. The number of hydrogen-bond acceptors (Lipinski definition) is 2. The third kappa shape index (κ3) is 3.04. The molecule has 2 nitrogen and oxygen atoms in total. The van der Waals surface area contributed by atoms with E-state index in [-0.39, 0.29) is 0 Å². The standard InChI is InChI=1S/C6H12N2Si/c1-6(8-5-7)9(2,3)4/h1-4H3. The van der Waals surface area contributed by atoms with Gasteiger partial charge in [-0.05, 0) is 6.92 Å². The third-order valence-electron chi connectivity index (χ3n) is 1.30. The number of nitrogens with zero attached hydrogens (tertiary/aromatic N) is 2. The van der Waals surface area contributed by atoms with Crippen molar-refractivity contribution in [2.45, 2.75) is 26.6 Å². The van der Waals surface area contributed by atoms with Crippen molar-refractivity contribution in [1.29, 1.82) is 5.26 Å². The maximum atomic E-state index is 8.18. The minimum atomic E-state index is -1.25. The van der Waals surface area contributed by atoms with Crippen molar-refractivity contribution in [1.82, 2.24) is 0 Å². The zero-order chi connectivity index (χ0) is 7.49. The fourth-order valence-electron chi connectivity index (χ4n) is 0.243. The van der Waals surface area contributed by atoms with Crippen molar-refractivity contribution < 1.29 is 0 Å². The SMILES string of the molecule is CC(=NC#N)[Si](C)(C)C. The first kappa shape index (κ1) is 8.38. The summed E-state index contributed by atoms with van der Waals surface area (Å²) in [7, 11) is -1.25. The van der Waals surface area contributed by atoms with Crippen molar-refractivity contribution in [3.05, 3.63) is 0 Å². The van der Waals surface area contributed by atoms with E-state index in [0.717, 1.165) is 5.33 Å². The van der Waals surface area contributed by atoms with Crippen LogP contribution in [-0.4, -0.2) is 13.4 Å². The predicted octanol–water partition coefficient (Wildman–Crippen LogP) is 1.81. The molecule has 0 aromatic heterocycles. The second kappa shape index (κ2) is 2.79. The average Bonchev–Trinajstić information content (AvgIpc) is 1.64. The van der Waals surface area contributed by atoms with E-state index in [1.54, 1.807) is 6.19 Å². The van der Waals surface area contributed by atoms with Gasteiger partial charge in [0.2, 0.25) is 6.19 Å². The molecule has 0 heterocycles. The first-order valence-corrected chi connectivity index (χ1v) is 6.42. The first-order chi connectivity index (χ1) is 3.98. The van der Waals surface area contributed by atoms with Crippen LogP contribution < -0.4 is 0 Å². The topological polar surface area (TPSA) is 36.1 Å². The quantitative estimate of drug-likeness (QED) is 0.311. The third-order valence-corrected chi connectivity index (χ3v) is 3.59. The van der Waals surface area contributed by atoms with Gasteiger partial charge < -0.3 is 0 Å². The molecule has 0 aliphatic carbocycles. The maximum absolute atomic E-state index is 8.18. The van der Waals surface area contributed by atoms with Crippen LogP contribution in [0.2, 0.25) is 19.6 Å². The molecule has 0 saturated carbocycles. The van der Waals surface area contributed by atoms with Crippen LogP contribution in [-0.2, 0) is 0 Å². The van der Waals surface area contributed by atoms with Gasteiger partial charge in [-0.25, -0.2) is 0 Å². The number of aliphatic imine (C=N–C) groups is 1. The molecule has 0 aromatic rings. The Morgan fingerprint density at radius 1 is 1.44 bits per heavy atom. The summed E-state index contributed by atoms with van der Waals surface area (Å²) in [5, 5.41) is 9.20.